The highest BCUT2D eigenvalue weighted by Gasteiger charge is 2.23. The molecule has 1 fully saturated rings. The average molecular weight is 341 g/mol. The number of furan rings is 1. The van der Waals surface area contributed by atoms with Crippen molar-refractivity contribution in [3.05, 3.63) is 21.0 Å². The van der Waals surface area contributed by atoms with E-state index in [0.717, 1.165) is 21.4 Å². The summed E-state index contributed by atoms with van der Waals surface area (Å²) >= 11 is 8.68. The Bertz CT molecular complexity index is 309. The van der Waals surface area contributed by atoms with E-state index in [1.807, 2.05) is 17.8 Å². The molecular formula is C9H11Br2NOS. The van der Waals surface area contributed by atoms with Crippen LogP contribution in [0.4, 0.5) is 0 Å². The summed E-state index contributed by atoms with van der Waals surface area (Å²) in [5.74, 6) is 0.986. The molecule has 1 aliphatic rings. The maximum atomic E-state index is 5.59. The smallest absolute Gasteiger partial charge is 0.183 e. The first-order valence-corrected chi connectivity index (χ1v) is 7.03. The van der Waals surface area contributed by atoms with Gasteiger partial charge in [0.2, 0.25) is 0 Å². The third kappa shape index (κ3) is 2.38. The van der Waals surface area contributed by atoms with E-state index >= 15 is 0 Å². The molecule has 1 aromatic heterocycles. The molecule has 2 heterocycles. The van der Waals surface area contributed by atoms with Gasteiger partial charge in [-0.2, -0.15) is 0 Å². The van der Waals surface area contributed by atoms with Crippen molar-refractivity contribution in [3.8, 4) is 0 Å². The summed E-state index contributed by atoms with van der Waals surface area (Å²) in [6.45, 7) is 3.32. The number of thioether (sulfide) groups is 1. The summed E-state index contributed by atoms with van der Waals surface area (Å²) < 4.78 is 7.34. The maximum absolute atomic E-state index is 5.59. The van der Waals surface area contributed by atoms with Crippen molar-refractivity contribution in [2.45, 2.75) is 24.0 Å². The van der Waals surface area contributed by atoms with Crippen molar-refractivity contribution in [2.24, 2.45) is 0 Å². The van der Waals surface area contributed by atoms with Gasteiger partial charge in [-0.1, -0.05) is 6.92 Å². The minimum atomic E-state index is 0.293. The Hall–Kier alpha value is 0.550. The van der Waals surface area contributed by atoms with Gasteiger partial charge in [0.05, 0.1) is 4.47 Å². The molecule has 2 rings (SSSR count). The van der Waals surface area contributed by atoms with Gasteiger partial charge in [0, 0.05) is 5.25 Å². The molecule has 2 nitrogen and oxygen atoms in total. The van der Waals surface area contributed by atoms with E-state index in [9.17, 15) is 0 Å². The lowest BCUT2D eigenvalue weighted by Crippen LogP contribution is -2.28. The highest BCUT2D eigenvalue weighted by molar-refractivity contribution is 9.13. The summed E-state index contributed by atoms with van der Waals surface area (Å²) in [6.07, 6.45) is 1.23. The van der Waals surface area contributed by atoms with Gasteiger partial charge < -0.3 is 4.42 Å². The fourth-order valence-electron chi connectivity index (χ4n) is 1.43. The monoisotopic (exact) mass is 339 g/mol. The lowest BCUT2D eigenvalue weighted by molar-refractivity contribution is 0.450. The first-order chi connectivity index (χ1) is 6.66. The van der Waals surface area contributed by atoms with Crippen LogP contribution in [0.3, 0.4) is 0 Å². The zero-order valence-electron chi connectivity index (χ0n) is 7.72. The second kappa shape index (κ2) is 4.60. The molecule has 1 N–H and O–H groups in total. The van der Waals surface area contributed by atoms with Gasteiger partial charge in [0.15, 0.2) is 4.67 Å². The molecule has 0 aliphatic carbocycles. The molecule has 2 atom stereocenters. The topological polar surface area (TPSA) is 25.2 Å². The number of hydrogen-bond acceptors (Lipinski definition) is 3. The zero-order valence-corrected chi connectivity index (χ0v) is 11.7. The van der Waals surface area contributed by atoms with Crippen molar-refractivity contribution in [1.82, 2.24) is 5.32 Å². The van der Waals surface area contributed by atoms with E-state index in [1.165, 1.54) is 6.42 Å². The molecule has 0 saturated carbocycles. The quantitative estimate of drug-likeness (QED) is 0.838. The molecule has 5 heteroatoms. The molecule has 2 unspecified atom stereocenters. The number of rotatable bonds is 1. The van der Waals surface area contributed by atoms with E-state index in [4.69, 9.17) is 4.42 Å². The molecule has 0 aromatic carbocycles. The minimum absolute atomic E-state index is 0.293. The third-order valence-electron chi connectivity index (χ3n) is 2.17. The van der Waals surface area contributed by atoms with Crippen molar-refractivity contribution in [3.63, 3.8) is 0 Å². The van der Waals surface area contributed by atoms with Gasteiger partial charge in [0.25, 0.3) is 0 Å². The summed E-state index contributed by atoms with van der Waals surface area (Å²) in [5.41, 5.74) is 0. The van der Waals surface area contributed by atoms with Crippen LogP contribution in [0.1, 0.15) is 24.5 Å². The third-order valence-corrected chi connectivity index (χ3v) is 5.25. The van der Waals surface area contributed by atoms with Crippen LogP contribution in [0.5, 0.6) is 0 Å². The van der Waals surface area contributed by atoms with E-state index in [-0.39, 0.29) is 0 Å². The van der Waals surface area contributed by atoms with Crippen LogP contribution in [0, 0.1) is 0 Å². The van der Waals surface area contributed by atoms with Crippen LogP contribution >= 0.6 is 43.6 Å². The summed E-state index contributed by atoms with van der Waals surface area (Å²) in [5, 5.41) is 4.42. The SMILES string of the molecule is CC1CCNC(c2cc(Br)c(Br)o2)S1. The normalized spacial score (nSPS) is 27.9. The Morgan fingerprint density at radius 2 is 2.36 bits per heavy atom. The largest absolute Gasteiger partial charge is 0.451 e. The summed E-state index contributed by atoms with van der Waals surface area (Å²) in [7, 11) is 0. The predicted octanol–water partition coefficient (Wildman–Crippen LogP) is 3.92. The van der Waals surface area contributed by atoms with Crippen molar-refractivity contribution in [1.29, 1.82) is 0 Å². The minimum Gasteiger partial charge on any atom is -0.451 e. The highest BCUT2D eigenvalue weighted by atomic mass is 79.9. The molecule has 0 spiro atoms. The predicted molar refractivity (Wildman–Crippen MR) is 66.5 cm³/mol. The van der Waals surface area contributed by atoms with Crippen LogP contribution in [-0.2, 0) is 0 Å². The molecule has 1 aliphatic heterocycles. The van der Waals surface area contributed by atoms with Crippen LogP contribution < -0.4 is 5.32 Å². The van der Waals surface area contributed by atoms with Gasteiger partial charge >= 0.3 is 0 Å². The van der Waals surface area contributed by atoms with Crippen LogP contribution in [0.15, 0.2) is 19.6 Å². The Labute approximate surface area is 104 Å². The molecule has 1 aromatic rings. The van der Waals surface area contributed by atoms with E-state index in [0.29, 0.717) is 10.6 Å². The zero-order chi connectivity index (χ0) is 10.1. The Balaban J connectivity index is 2.14. The molecule has 14 heavy (non-hydrogen) atoms. The fourth-order valence-corrected chi connectivity index (χ4v) is 3.22. The van der Waals surface area contributed by atoms with Gasteiger partial charge in [0.1, 0.15) is 11.1 Å². The summed E-state index contributed by atoms with van der Waals surface area (Å²) in [6, 6.07) is 2.02. The van der Waals surface area contributed by atoms with Gasteiger partial charge in [-0.25, -0.2) is 0 Å². The highest BCUT2D eigenvalue weighted by Crippen LogP contribution is 2.38. The first kappa shape index (κ1) is 11.0. The van der Waals surface area contributed by atoms with Gasteiger partial charge in [-0.05, 0) is 50.9 Å². The Kier molecular flexibility index (Phi) is 3.63. The molecule has 1 saturated heterocycles. The molecule has 0 amide bonds. The van der Waals surface area contributed by atoms with Crippen LogP contribution in [0.2, 0.25) is 0 Å². The molecular weight excluding hydrogens is 330 g/mol. The molecule has 0 bridgehead atoms. The van der Waals surface area contributed by atoms with Gasteiger partial charge in [-0.15, -0.1) is 11.8 Å². The van der Waals surface area contributed by atoms with E-state index in [2.05, 4.69) is 44.1 Å². The first-order valence-electron chi connectivity index (χ1n) is 4.50. The van der Waals surface area contributed by atoms with E-state index in [1.54, 1.807) is 0 Å². The Morgan fingerprint density at radius 3 is 2.93 bits per heavy atom. The lowest BCUT2D eigenvalue weighted by Gasteiger charge is -2.26. The number of hydrogen-bond donors (Lipinski definition) is 1. The average Bonchev–Trinajstić information content (AvgIpc) is 2.47. The van der Waals surface area contributed by atoms with Crippen LogP contribution in [-0.4, -0.2) is 11.8 Å². The second-order valence-electron chi connectivity index (χ2n) is 3.34. The van der Waals surface area contributed by atoms with Crippen molar-refractivity contribution >= 4 is 43.6 Å². The summed E-state index contributed by atoms with van der Waals surface area (Å²) in [4.78, 5) is 0. The maximum Gasteiger partial charge on any atom is 0.183 e. The number of halogens is 2. The standard InChI is InChI=1S/C9H11Br2NOS/c1-5-2-3-12-9(14-5)7-4-6(10)8(11)13-7/h4-5,9,12H,2-3H2,1H3. The second-order valence-corrected chi connectivity index (χ2v) is 6.46. The van der Waals surface area contributed by atoms with Crippen molar-refractivity contribution < 1.29 is 4.42 Å². The number of nitrogens with one attached hydrogen (secondary N) is 1. The molecule has 0 radical (unpaired) electrons. The lowest BCUT2D eigenvalue weighted by atomic mass is 10.3. The van der Waals surface area contributed by atoms with E-state index < -0.39 is 0 Å². The van der Waals surface area contributed by atoms with Gasteiger partial charge in [-0.3, -0.25) is 5.32 Å². The van der Waals surface area contributed by atoms with Crippen LogP contribution in [0.25, 0.3) is 0 Å². The Morgan fingerprint density at radius 1 is 1.57 bits per heavy atom. The van der Waals surface area contributed by atoms with Crippen molar-refractivity contribution in [2.75, 3.05) is 6.54 Å². The molecule has 78 valence electrons. The fraction of sp³-hybridized carbons (Fsp3) is 0.556.